The van der Waals surface area contributed by atoms with Gasteiger partial charge in [-0.15, -0.1) is 0 Å². The lowest BCUT2D eigenvalue weighted by molar-refractivity contribution is -0.114. The smallest absolute Gasteiger partial charge is 0.324 e. The van der Waals surface area contributed by atoms with Gasteiger partial charge in [-0.1, -0.05) is 32.4 Å². The molecule has 0 saturated carbocycles. The first kappa shape index (κ1) is 25.8. The highest BCUT2D eigenvalue weighted by Gasteiger charge is 2.18. The van der Waals surface area contributed by atoms with E-state index < -0.39 is 6.03 Å². The molecule has 11 heteroatoms. The summed E-state index contributed by atoms with van der Waals surface area (Å²) in [5.74, 6) is 0.711. The number of nitrogens with zero attached hydrogens (tertiary/aromatic N) is 2. The van der Waals surface area contributed by atoms with Crippen molar-refractivity contribution in [1.29, 1.82) is 0 Å². The maximum Gasteiger partial charge on any atom is 0.324 e. The van der Waals surface area contributed by atoms with E-state index in [1.54, 1.807) is 48.7 Å². The number of hydrogen-bond donors (Lipinski definition) is 5. The number of urea groups is 1. The van der Waals surface area contributed by atoms with E-state index in [4.69, 9.17) is 16.3 Å². The highest BCUT2D eigenvalue weighted by atomic mass is 35.5. The molecule has 0 radical (unpaired) electrons. The largest absolute Gasteiger partial charge is 0.494 e. The number of H-pyrrole nitrogens is 1. The molecule has 2 heterocycles. The fourth-order valence-electron chi connectivity index (χ4n) is 3.63. The zero-order valence-corrected chi connectivity index (χ0v) is 21.9. The van der Waals surface area contributed by atoms with E-state index >= 15 is 0 Å². The lowest BCUT2D eigenvalue weighted by Crippen LogP contribution is -2.19. The number of rotatable bonds is 6. The number of pyridine rings is 1. The first-order chi connectivity index (χ1) is 17.5. The van der Waals surface area contributed by atoms with Crippen LogP contribution in [0, 0.1) is 0 Å². The van der Waals surface area contributed by atoms with E-state index in [0.717, 1.165) is 16.8 Å². The van der Waals surface area contributed by atoms with Gasteiger partial charge in [0.05, 0.1) is 29.0 Å². The predicted molar refractivity (Wildman–Crippen MR) is 147 cm³/mol. The Hall–Kier alpha value is -4.31. The maximum absolute atomic E-state index is 12.5. The van der Waals surface area contributed by atoms with Gasteiger partial charge in [0.1, 0.15) is 5.75 Å². The molecule has 0 unspecified atom stereocenters. The van der Waals surface area contributed by atoms with E-state index in [9.17, 15) is 9.59 Å². The van der Waals surface area contributed by atoms with Gasteiger partial charge >= 0.3 is 6.03 Å². The molecule has 37 heavy (non-hydrogen) atoms. The van der Waals surface area contributed by atoms with Crippen LogP contribution in [0.3, 0.4) is 0 Å². The zero-order chi connectivity index (χ0) is 26.7. The fraction of sp³-hybridized carbons (Fsp3) is 0.231. The van der Waals surface area contributed by atoms with Crippen LogP contribution in [0.2, 0.25) is 5.02 Å². The van der Waals surface area contributed by atoms with Crippen molar-refractivity contribution in [3.8, 4) is 5.75 Å². The number of nitrogens with one attached hydrogen (secondary N) is 5. The van der Waals surface area contributed by atoms with Gasteiger partial charge in [0.2, 0.25) is 5.91 Å². The van der Waals surface area contributed by atoms with Crippen LogP contribution in [0.1, 0.15) is 33.4 Å². The number of carbonyl (C=O) groups excluding carboxylic acids is 2. The fourth-order valence-corrected chi connectivity index (χ4v) is 3.85. The standard InChI is InChI=1S/C26H28ClN7O3/c1-14(35)29-21-11-16-18(8-9-28-20(16)12-22(21)37-5)31-19-7-6-15(10-17(19)27)30-25(36)32-24-13-23(33-34-24)26(2,3)4/h6-13H,1-5H3,(H,28,31)(H,29,35)(H3,30,32,33,34,36). The molecule has 192 valence electrons. The molecule has 0 spiro atoms. The number of hydrogen-bond acceptors (Lipinski definition) is 6. The lowest BCUT2D eigenvalue weighted by atomic mass is 9.92. The molecule has 2 aromatic heterocycles. The van der Waals surface area contributed by atoms with Crippen LogP contribution in [0.25, 0.3) is 10.9 Å². The van der Waals surface area contributed by atoms with Gasteiger partial charge in [-0.25, -0.2) is 4.79 Å². The van der Waals surface area contributed by atoms with Crippen LogP contribution < -0.4 is 26.0 Å². The molecule has 0 aliphatic rings. The highest BCUT2D eigenvalue weighted by Crippen LogP contribution is 2.36. The van der Waals surface area contributed by atoms with Crippen LogP contribution in [0.15, 0.2) is 48.7 Å². The van der Waals surface area contributed by atoms with Crippen molar-refractivity contribution in [2.24, 2.45) is 0 Å². The van der Waals surface area contributed by atoms with Gasteiger partial charge in [0, 0.05) is 53.1 Å². The van der Waals surface area contributed by atoms with Gasteiger partial charge < -0.3 is 20.7 Å². The van der Waals surface area contributed by atoms with E-state index in [2.05, 4.69) is 57.2 Å². The summed E-state index contributed by atoms with van der Waals surface area (Å²) in [5, 5.41) is 19.8. The summed E-state index contributed by atoms with van der Waals surface area (Å²) in [6.07, 6.45) is 1.66. The second kappa shape index (κ2) is 10.4. The number of aromatic amines is 1. The molecule has 2 aromatic carbocycles. The molecule has 5 N–H and O–H groups in total. The predicted octanol–water partition coefficient (Wildman–Crippen LogP) is 6.26. The van der Waals surface area contributed by atoms with Crippen molar-refractivity contribution in [2.45, 2.75) is 33.1 Å². The average molecular weight is 522 g/mol. The molecule has 0 atom stereocenters. The quantitative estimate of drug-likeness (QED) is 0.203. The Balaban J connectivity index is 1.51. The third-order valence-corrected chi connectivity index (χ3v) is 5.81. The number of methoxy groups -OCH3 is 1. The Kier molecular flexibility index (Phi) is 7.21. The summed E-state index contributed by atoms with van der Waals surface area (Å²) < 4.78 is 5.39. The average Bonchev–Trinajstić information content (AvgIpc) is 3.29. The van der Waals surface area contributed by atoms with Crippen LogP contribution in [0.5, 0.6) is 5.75 Å². The van der Waals surface area contributed by atoms with Gasteiger partial charge in [-0.05, 0) is 30.3 Å². The third kappa shape index (κ3) is 6.10. The summed E-state index contributed by atoms with van der Waals surface area (Å²) >= 11 is 6.53. The molecular weight excluding hydrogens is 494 g/mol. The first-order valence-corrected chi connectivity index (χ1v) is 11.9. The molecule has 0 saturated heterocycles. The Morgan fingerprint density at radius 1 is 0.973 bits per heavy atom. The number of carbonyl (C=O) groups is 2. The number of aromatic nitrogens is 3. The topological polar surface area (TPSA) is 133 Å². The molecule has 0 aliphatic carbocycles. The van der Waals surface area contributed by atoms with Crippen LogP contribution in [-0.4, -0.2) is 34.2 Å². The number of fused-ring (bicyclic) bond motifs is 1. The van der Waals surface area contributed by atoms with Crippen molar-refractivity contribution in [2.75, 3.05) is 28.4 Å². The van der Waals surface area contributed by atoms with Crippen LogP contribution >= 0.6 is 11.6 Å². The van der Waals surface area contributed by atoms with Crippen molar-refractivity contribution in [3.05, 3.63) is 59.4 Å². The molecule has 0 bridgehead atoms. The number of amides is 3. The molecule has 0 aliphatic heterocycles. The number of benzene rings is 2. The summed E-state index contributed by atoms with van der Waals surface area (Å²) in [5.41, 5.74) is 3.87. The number of ether oxygens (including phenoxy) is 1. The monoisotopic (exact) mass is 521 g/mol. The SMILES string of the molecule is COc1cc2nccc(Nc3ccc(NC(=O)Nc4cc(C(C)(C)C)[nH]n4)cc3Cl)c2cc1NC(C)=O. The maximum atomic E-state index is 12.5. The summed E-state index contributed by atoms with van der Waals surface area (Å²) in [6, 6.07) is 11.8. The van der Waals surface area contributed by atoms with Crippen molar-refractivity contribution >= 4 is 63.0 Å². The minimum Gasteiger partial charge on any atom is -0.494 e. The molecule has 10 nitrogen and oxygen atoms in total. The van der Waals surface area contributed by atoms with E-state index in [1.165, 1.54) is 14.0 Å². The Labute approximate surface area is 219 Å². The van der Waals surface area contributed by atoms with Gasteiger partial charge in [0.25, 0.3) is 0 Å². The number of anilines is 5. The molecule has 4 rings (SSSR count). The van der Waals surface area contributed by atoms with Crippen LogP contribution in [-0.2, 0) is 10.2 Å². The molecule has 3 amide bonds. The van der Waals surface area contributed by atoms with Crippen molar-refractivity contribution < 1.29 is 14.3 Å². The molecular formula is C26H28ClN7O3. The third-order valence-electron chi connectivity index (χ3n) is 5.50. The Bertz CT molecular complexity index is 1480. The van der Waals surface area contributed by atoms with Gasteiger partial charge in [-0.2, -0.15) is 5.10 Å². The second-order valence-electron chi connectivity index (χ2n) is 9.42. The molecule has 4 aromatic rings. The zero-order valence-electron chi connectivity index (χ0n) is 21.1. The Morgan fingerprint density at radius 3 is 2.41 bits per heavy atom. The first-order valence-electron chi connectivity index (χ1n) is 11.5. The second-order valence-corrected chi connectivity index (χ2v) is 9.83. The summed E-state index contributed by atoms with van der Waals surface area (Å²) in [7, 11) is 1.53. The van der Waals surface area contributed by atoms with Gasteiger partial charge in [-0.3, -0.25) is 20.2 Å². The summed E-state index contributed by atoms with van der Waals surface area (Å²) in [6.45, 7) is 7.58. The van der Waals surface area contributed by atoms with Crippen molar-refractivity contribution in [1.82, 2.24) is 15.2 Å². The summed E-state index contributed by atoms with van der Waals surface area (Å²) in [4.78, 5) is 28.5. The van der Waals surface area contributed by atoms with E-state index in [1.807, 2.05) is 0 Å². The van der Waals surface area contributed by atoms with Crippen molar-refractivity contribution in [3.63, 3.8) is 0 Å². The van der Waals surface area contributed by atoms with E-state index in [0.29, 0.717) is 39.2 Å². The minimum atomic E-state index is -0.441. The normalized spacial score (nSPS) is 11.2. The minimum absolute atomic E-state index is 0.114. The highest BCUT2D eigenvalue weighted by molar-refractivity contribution is 6.33. The Morgan fingerprint density at radius 2 is 1.76 bits per heavy atom. The number of halogens is 1. The lowest BCUT2D eigenvalue weighted by Gasteiger charge is -2.15. The molecule has 0 fully saturated rings. The van der Waals surface area contributed by atoms with Crippen LogP contribution in [0.4, 0.5) is 33.4 Å². The van der Waals surface area contributed by atoms with E-state index in [-0.39, 0.29) is 11.3 Å². The van der Waals surface area contributed by atoms with Gasteiger partial charge in [0.15, 0.2) is 5.82 Å².